The fourth-order valence-electron chi connectivity index (χ4n) is 4.54. The fourth-order valence-corrected chi connectivity index (χ4v) is 4.54. The van der Waals surface area contributed by atoms with E-state index in [1.165, 1.54) is 19.2 Å². The van der Waals surface area contributed by atoms with Crippen LogP contribution in [0, 0.1) is 23.3 Å². The Morgan fingerprint density at radius 1 is 0.750 bits per heavy atom. The van der Waals surface area contributed by atoms with Crippen molar-refractivity contribution in [1.82, 2.24) is 5.32 Å². The fraction of sp³-hybridized carbons (Fsp3) is 0.167. The Balaban J connectivity index is 1.93. The number of hydrogen-bond acceptors (Lipinski definition) is 2. The summed E-state index contributed by atoms with van der Waals surface area (Å²) in [6.07, 6.45) is -4.97. The summed E-state index contributed by atoms with van der Waals surface area (Å²) in [6, 6.07) is 16.6. The predicted octanol–water partition coefficient (Wildman–Crippen LogP) is 7.23. The highest BCUT2D eigenvalue weighted by atomic mass is 19.4. The number of nitrogens with one attached hydrogen (secondary N) is 1. The van der Waals surface area contributed by atoms with E-state index in [-0.39, 0.29) is 28.9 Å². The van der Waals surface area contributed by atoms with Gasteiger partial charge in [0.1, 0.15) is 5.82 Å². The zero-order chi connectivity index (χ0) is 29.1. The van der Waals surface area contributed by atoms with Gasteiger partial charge in [-0.05, 0) is 71.6 Å². The summed E-state index contributed by atoms with van der Waals surface area (Å²) in [7, 11) is 1.20. The number of halogens is 7. The second kappa shape index (κ2) is 11.4. The average molecular weight is 561 g/mol. The molecule has 1 atom stereocenters. The van der Waals surface area contributed by atoms with Crippen LogP contribution in [0.15, 0.2) is 84.9 Å². The van der Waals surface area contributed by atoms with Crippen LogP contribution in [0.5, 0.6) is 5.75 Å². The first-order chi connectivity index (χ1) is 18.9. The van der Waals surface area contributed by atoms with E-state index in [0.717, 1.165) is 30.3 Å². The molecule has 1 amide bonds. The zero-order valence-corrected chi connectivity index (χ0v) is 21.0. The van der Waals surface area contributed by atoms with Gasteiger partial charge in [0, 0.05) is 17.5 Å². The third kappa shape index (κ3) is 6.11. The standard InChI is InChI=1S/C30H22F7NO2/c1-40-27-15-20(8-10-25(27)33)29(16-18-5-3-2-4-6-18,21-12-22(30(35,36)37)14-23(31)13-21)17-38-28(39)19-7-9-24(32)26(34)11-19/h2-15H,16-17H2,1H3,(H,38,39)/t29-/m1/s1. The Bertz CT molecular complexity index is 1520. The maximum atomic E-state index is 14.7. The van der Waals surface area contributed by atoms with Crippen LogP contribution in [0.25, 0.3) is 0 Å². The van der Waals surface area contributed by atoms with Gasteiger partial charge >= 0.3 is 6.18 Å². The highest BCUT2D eigenvalue weighted by Gasteiger charge is 2.39. The van der Waals surface area contributed by atoms with Gasteiger partial charge in [0.2, 0.25) is 0 Å². The molecule has 0 aliphatic heterocycles. The molecule has 0 saturated heterocycles. The van der Waals surface area contributed by atoms with Gasteiger partial charge in [-0.2, -0.15) is 13.2 Å². The lowest BCUT2D eigenvalue weighted by Gasteiger charge is -2.36. The van der Waals surface area contributed by atoms with E-state index in [4.69, 9.17) is 4.74 Å². The molecular formula is C30H22F7NO2. The smallest absolute Gasteiger partial charge is 0.416 e. The molecule has 0 saturated carbocycles. The van der Waals surface area contributed by atoms with Crippen LogP contribution in [0.3, 0.4) is 0 Å². The van der Waals surface area contributed by atoms with Crippen molar-refractivity contribution in [1.29, 1.82) is 0 Å². The molecule has 0 heterocycles. The summed E-state index contributed by atoms with van der Waals surface area (Å²) >= 11 is 0. The van der Waals surface area contributed by atoms with Gasteiger partial charge in [-0.3, -0.25) is 4.79 Å². The van der Waals surface area contributed by atoms with Crippen molar-refractivity contribution in [3.63, 3.8) is 0 Å². The molecule has 0 aliphatic carbocycles. The Kier molecular flexibility index (Phi) is 8.18. The van der Waals surface area contributed by atoms with E-state index in [1.54, 1.807) is 30.3 Å². The van der Waals surface area contributed by atoms with Crippen LogP contribution in [0.4, 0.5) is 30.7 Å². The number of carbonyl (C=O) groups excluding carboxylic acids is 1. The van der Waals surface area contributed by atoms with E-state index in [9.17, 15) is 35.5 Å². The SMILES string of the molecule is COc1cc([C@](CNC(=O)c2ccc(F)c(F)c2)(Cc2ccccc2)c2cc(F)cc(C(F)(F)F)c2)ccc1F. The molecule has 0 spiro atoms. The molecule has 208 valence electrons. The summed E-state index contributed by atoms with van der Waals surface area (Å²) in [5.41, 5.74) is -2.48. The summed E-state index contributed by atoms with van der Waals surface area (Å²) in [5.74, 6) is -5.46. The molecule has 0 fully saturated rings. The number of carbonyl (C=O) groups is 1. The largest absolute Gasteiger partial charge is 0.494 e. The minimum absolute atomic E-state index is 0.0680. The van der Waals surface area contributed by atoms with Crippen molar-refractivity contribution in [2.24, 2.45) is 0 Å². The monoisotopic (exact) mass is 561 g/mol. The van der Waals surface area contributed by atoms with Gasteiger partial charge in [-0.15, -0.1) is 0 Å². The minimum Gasteiger partial charge on any atom is -0.494 e. The van der Waals surface area contributed by atoms with Crippen molar-refractivity contribution in [3.8, 4) is 5.75 Å². The van der Waals surface area contributed by atoms with Gasteiger partial charge in [0.05, 0.1) is 12.7 Å². The van der Waals surface area contributed by atoms with E-state index in [1.807, 2.05) is 0 Å². The molecule has 0 radical (unpaired) electrons. The summed E-state index contributed by atoms with van der Waals surface area (Å²) < 4.78 is 103. The normalized spacial score (nSPS) is 13.0. The maximum Gasteiger partial charge on any atom is 0.416 e. The first kappa shape index (κ1) is 28.7. The number of benzene rings is 4. The molecule has 10 heteroatoms. The second-order valence-corrected chi connectivity index (χ2v) is 9.13. The van der Waals surface area contributed by atoms with E-state index in [0.29, 0.717) is 17.7 Å². The van der Waals surface area contributed by atoms with Crippen LogP contribution >= 0.6 is 0 Å². The summed E-state index contributed by atoms with van der Waals surface area (Å²) in [6.45, 7) is -0.435. The minimum atomic E-state index is -4.90. The quantitative estimate of drug-likeness (QED) is 0.231. The third-order valence-electron chi connectivity index (χ3n) is 6.56. The molecule has 0 aliphatic rings. The number of methoxy groups -OCH3 is 1. The van der Waals surface area contributed by atoms with Crippen LogP contribution in [0.1, 0.15) is 32.6 Å². The Morgan fingerprint density at radius 2 is 1.43 bits per heavy atom. The Labute approximate surface area is 225 Å². The van der Waals surface area contributed by atoms with Crippen LogP contribution in [-0.4, -0.2) is 19.6 Å². The average Bonchev–Trinajstić information content (AvgIpc) is 2.92. The molecule has 4 aromatic rings. The second-order valence-electron chi connectivity index (χ2n) is 9.13. The summed E-state index contributed by atoms with van der Waals surface area (Å²) in [5, 5.41) is 2.57. The van der Waals surface area contributed by atoms with Gasteiger partial charge < -0.3 is 10.1 Å². The molecular weight excluding hydrogens is 539 g/mol. The molecule has 4 aromatic carbocycles. The van der Waals surface area contributed by atoms with Gasteiger partial charge in [0.25, 0.3) is 5.91 Å². The van der Waals surface area contributed by atoms with Crippen molar-refractivity contribution < 1.29 is 40.3 Å². The number of amides is 1. The number of alkyl halides is 3. The van der Waals surface area contributed by atoms with Crippen LogP contribution in [-0.2, 0) is 18.0 Å². The lowest BCUT2D eigenvalue weighted by molar-refractivity contribution is -0.137. The highest BCUT2D eigenvalue weighted by Crippen LogP contribution is 2.41. The van der Waals surface area contributed by atoms with Gasteiger partial charge in [-0.25, -0.2) is 17.6 Å². The van der Waals surface area contributed by atoms with Crippen molar-refractivity contribution >= 4 is 5.91 Å². The first-order valence-electron chi connectivity index (χ1n) is 11.9. The number of ether oxygens (including phenoxy) is 1. The van der Waals surface area contributed by atoms with E-state index < -0.39 is 52.9 Å². The van der Waals surface area contributed by atoms with Crippen molar-refractivity contribution in [3.05, 3.63) is 136 Å². The topological polar surface area (TPSA) is 38.3 Å². The molecule has 0 aromatic heterocycles. The van der Waals surface area contributed by atoms with Crippen molar-refractivity contribution in [2.45, 2.75) is 18.0 Å². The molecule has 0 unspecified atom stereocenters. The lowest BCUT2D eigenvalue weighted by atomic mass is 9.69. The van der Waals surface area contributed by atoms with Gasteiger partial charge in [-0.1, -0.05) is 36.4 Å². The van der Waals surface area contributed by atoms with Crippen LogP contribution in [0.2, 0.25) is 0 Å². The third-order valence-corrected chi connectivity index (χ3v) is 6.56. The van der Waals surface area contributed by atoms with Crippen LogP contribution < -0.4 is 10.1 Å². The Hall–Kier alpha value is -4.34. The molecule has 40 heavy (non-hydrogen) atoms. The van der Waals surface area contributed by atoms with Crippen molar-refractivity contribution in [2.75, 3.05) is 13.7 Å². The highest BCUT2D eigenvalue weighted by molar-refractivity contribution is 5.94. The molecule has 1 N–H and O–H groups in total. The molecule has 4 rings (SSSR count). The Morgan fingerprint density at radius 3 is 2.08 bits per heavy atom. The molecule has 3 nitrogen and oxygen atoms in total. The maximum absolute atomic E-state index is 14.7. The van der Waals surface area contributed by atoms with Gasteiger partial charge in [0.15, 0.2) is 23.2 Å². The lowest BCUT2D eigenvalue weighted by Crippen LogP contribution is -2.44. The number of rotatable bonds is 8. The summed E-state index contributed by atoms with van der Waals surface area (Å²) in [4.78, 5) is 13.0. The van der Waals surface area contributed by atoms with E-state index in [2.05, 4.69) is 5.32 Å². The first-order valence-corrected chi connectivity index (χ1v) is 11.9. The predicted molar refractivity (Wildman–Crippen MR) is 134 cm³/mol. The van der Waals surface area contributed by atoms with E-state index >= 15 is 0 Å². The number of hydrogen-bond donors (Lipinski definition) is 1. The zero-order valence-electron chi connectivity index (χ0n) is 21.0. The molecule has 0 bridgehead atoms.